The average molecular weight is 489 g/mol. The van der Waals surface area contributed by atoms with Gasteiger partial charge in [0.05, 0.1) is 11.6 Å². The van der Waals surface area contributed by atoms with Gasteiger partial charge in [0.2, 0.25) is 17.7 Å². The lowest BCUT2D eigenvalue weighted by Crippen LogP contribution is -2.62. The molecule has 1 unspecified atom stereocenters. The Balaban J connectivity index is 1.79. The number of anilines is 1. The minimum atomic E-state index is -0.980. The molecular weight excluding hydrogens is 456 g/mol. The summed E-state index contributed by atoms with van der Waals surface area (Å²) in [6.07, 6.45) is 1.20. The zero-order valence-electron chi connectivity index (χ0n) is 20.1. The Morgan fingerprint density at radius 2 is 1.94 bits per heavy atom. The predicted octanol–water partition coefficient (Wildman–Crippen LogP) is 1.65. The van der Waals surface area contributed by atoms with Crippen molar-refractivity contribution < 1.29 is 19.1 Å². The quantitative estimate of drug-likeness (QED) is 0.490. The summed E-state index contributed by atoms with van der Waals surface area (Å²) >= 11 is 1.09. The van der Waals surface area contributed by atoms with Gasteiger partial charge in [-0.15, -0.1) is 5.10 Å². The largest absolute Gasteiger partial charge is 0.376 e. The first-order valence-corrected chi connectivity index (χ1v) is 12.0. The predicted molar refractivity (Wildman–Crippen MR) is 130 cm³/mol. The molecule has 184 valence electrons. The Bertz CT molecular complexity index is 1010. The Kier molecular flexibility index (Phi) is 8.34. The summed E-state index contributed by atoms with van der Waals surface area (Å²) < 4.78 is 9.53. The van der Waals surface area contributed by atoms with Crippen molar-refractivity contribution in [3.8, 4) is 11.3 Å². The van der Waals surface area contributed by atoms with Crippen molar-refractivity contribution in [2.75, 3.05) is 26.0 Å². The lowest BCUT2D eigenvalue weighted by atomic mass is 9.96. The highest BCUT2D eigenvalue weighted by Crippen LogP contribution is 2.30. The molecule has 11 heteroatoms. The van der Waals surface area contributed by atoms with E-state index >= 15 is 0 Å². The molecule has 0 radical (unpaired) electrons. The summed E-state index contributed by atoms with van der Waals surface area (Å²) in [5.41, 5.74) is 0.446. The maximum absolute atomic E-state index is 13.6. The van der Waals surface area contributed by atoms with Crippen LogP contribution in [-0.4, -0.2) is 76.6 Å². The monoisotopic (exact) mass is 488 g/mol. The van der Waals surface area contributed by atoms with Gasteiger partial charge >= 0.3 is 0 Å². The molecule has 0 saturated carbocycles. The van der Waals surface area contributed by atoms with Crippen molar-refractivity contribution >= 4 is 34.3 Å². The van der Waals surface area contributed by atoms with Crippen LogP contribution in [0.4, 0.5) is 5.00 Å². The van der Waals surface area contributed by atoms with Crippen molar-refractivity contribution in [3.05, 3.63) is 30.3 Å². The number of hydrogen-bond acceptors (Lipinski definition) is 8. The third kappa shape index (κ3) is 5.60. The second-order valence-electron chi connectivity index (χ2n) is 8.76. The van der Waals surface area contributed by atoms with E-state index < -0.39 is 23.7 Å². The number of aromatic nitrogens is 2. The Hall–Kier alpha value is -2.89. The average Bonchev–Trinajstić information content (AvgIpc) is 3.51. The molecule has 0 spiro atoms. The van der Waals surface area contributed by atoms with Crippen LogP contribution in [-0.2, 0) is 19.1 Å². The van der Waals surface area contributed by atoms with E-state index in [0.29, 0.717) is 30.1 Å². The van der Waals surface area contributed by atoms with E-state index in [-0.39, 0.29) is 17.7 Å². The molecule has 0 aliphatic carbocycles. The summed E-state index contributed by atoms with van der Waals surface area (Å²) in [6, 6.07) is 7.34. The molecule has 3 atom stereocenters. The van der Waals surface area contributed by atoms with Crippen molar-refractivity contribution in [3.63, 3.8) is 0 Å². The van der Waals surface area contributed by atoms with Crippen LogP contribution in [0.1, 0.15) is 33.6 Å². The molecule has 1 fully saturated rings. The van der Waals surface area contributed by atoms with E-state index in [1.54, 1.807) is 27.8 Å². The summed E-state index contributed by atoms with van der Waals surface area (Å²) in [5, 5.41) is 13.3. The van der Waals surface area contributed by atoms with E-state index in [2.05, 4.69) is 25.5 Å². The number of nitrogens with zero attached hydrogens (tertiary/aromatic N) is 3. The lowest BCUT2D eigenvalue weighted by molar-refractivity contribution is -0.147. The molecule has 1 aromatic heterocycles. The Morgan fingerprint density at radius 3 is 2.59 bits per heavy atom. The zero-order chi connectivity index (χ0) is 24.9. The number of hydrogen-bond donors (Lipinski definition) is 3. The van der Waals surface area contributed by atoms with E-state index in [1.807, 2.05) is 30.3 Å². The third-order valence-electron chi connectivity index (χ3n) is 6.19. The number of rotatable bonds is 9. The van der Waals surface area contributed by atoms with Gasteiger partial charge in [0, 0.05) is 30.8 Å². The van der Waals surface area contributed by atoms with Crippen molar-refractivity contribution in [2.24, 2.45) is 0 Å². The fourth-order valence-corrected chi connectivity index (χ4v) is 4.37. The number of nitrogens with one attached hydrogen (secondary N) is 3. The number of carbonyl (C=O) groups excluding carboxylic acids is 3. The first-order chi connectivity index (χ1) is 16.2. The highest BCUT2D eigenvalue weighted by Gasteiger charge is 2.44. The minimum absolute atomic E-state index is 0.307. The summed E-state index contributed by atoms with van der Waals surface area (Å²) in [5.74, 6) is -0.987. The Morgan fingerprint density at radius 1 is 1.24 bits per heavy atom. The van der Waals surface area contributed by atoms with Crippen molar-refractivity contribution in [2.45, 2.75) is 57.3 Å². The van der Waals surface area contributed by atoms with Crippen LogP contribution in [0.25, 0.3) is 11.3 Å². The second-order valence-corrected chi connectivity index (χ2v) is 9.51. The van der Waals surface area contributed by atoms with Gasteiger partial charge in [0.1, 0.15) is 22.8 Å². The third-order valence-corrected chi connectivity index (χ3v) is 6.83. The van der Waals surface area contributed by atoms with Gasteiger partial charge in [-0.3, -0.25) is 14.4 Å². The molecular formula is C23H32N6O4S. The van der Waals surface area contributed by atoms with Gasteiger partial charge in [0.25, 0.3) is 0 Å². The fourth-order valence-electron chi connectivity index (χ4n) is 3.77. The standard InChI is InChI=1S/C23H32N6O4S/c1-14(24-4)19(30)25-18(23(2,3)33-5)22(32)29-13-9-12-16(29)20(31)26-21-17(27-28-34-21)15-10-7-6-8-11-15/h6-8,10-11,14,16,18,24H,9,12-13H2,1-5H3,(H,25,30)(H,26,31)/t14-,16-,18?/m0/s1. The summed E-state index contributed by atoms with van der Waals surface area (Å²) in [4.78, 5) is 41.0. The summed E-state index contributed by atoms with van der Waals surface area (Å²) in [7, 11) is 3.16. The number of benzene rings is 1. The number of amides is 3. The topological polar surface area (TPSA) is 126 Å². The molecule has 3 N–H and O–H groups in total. The maximum Gasteiger partial charge on any atom is 0.248 e. The van der Waals surface area contributed by atoms with E-state index in [4.69, 9.17) is 4.74 Å². The molecule has 3 rings (SSSR count). The highest BCUT2D eigenvalue weighted by molar-refractivity contribution is 7.10. The normalized spacial score (nSPS) is 17.8. The number of ether oxygens (including phenoxy) is 1. The number of likely N-dealkylation sites (tertiary alicyclic amines) is 1. The SMILES string of the molecule is CN[C@@H](C)C(=O)NC(C(=O)N1CCC[C@H]1C(=O)Nc1snnc1-c1ccccc1)C(C)(C)OC. The van der Waals surface area contributed by atoms with Gasteiger partial charge in [-0.05, 0) is 40.7 Å². The smallest absolute Gasteiger partial charge is 0.248 e. The fraction of sp³-hybridized carbons (Fsp3) is 0.522. The van der Waals surface area contributed by atoms with Gasteiger partial charge in [-0.2, -0.15) is 0 Å². The highest BCUT2D eigenvalue weighted by atomic mass is 32.1. The van der Waals surface area contributed by atoms with Crippen molar-refractivity contribution in [1.82, 2.24) is 25.1 Å². The molecule has 10 nitrogen and oxygen atoms in total. The van der Waals surface area contributed by atoms with Gasteiger partial charge in [0.15, 0.2) is 0 Å². The number of methoxy groups -OCH3 is 1. The van der Waals surface area contributed by atoms with Crippen LogP contribution < -0.4 is 16.0 Å². The first-order valence-electron chi connectivity index (χ1n) is 11.2. The zero-order valence-corrected chi connectivity index (χ0v) is 20.9. The van der Waals surface area contributed by atoms with E-state index in [1.165, 1.54) is 12.0 Å². The van der Waals surface area contributed by atoms with Crippen LogP contribution in [0.3, 0.4) is 0 Å². The van der Waals surface area contributed by atoms with Crippen LogP contribution >= 0.6 is 11.5 Å². The minimum Gasteiger partial charge on any atom is -0.376 e. The number of likely N-dealkylation sites (N-methyl/N-ethyl adjacent to an activating group) is 1. The molecule has 1 aliphatic heterocycles. The molecule has 2 heterocycles. The first kappa shape index (κ1) is 25.7. The van der Waals surface area contributed by atoms with E-state index in [9.17, 15) is 14.4 Å². The second kappa shape index (κ2) is 11.0. The van der Waals surface area contributed by atoms with E-state index in [0.717, 1.165) is 17.1 Å². The maximum atomic E-state index is 13.6. The van der Waals surface area contributed by atoms with Crippen LogP contribution in [0.2, 0.25) is 0 Å². The van der Waals surface area contributed by atoms with Crippen LogP contribution in [0.5, 0.6) is 0 Å². The number of carbonyl (C=O) groups is 3. The van der Waals surface area contributed by atoms with Crippen LogP contribution in [0.15, 0.2) is 30.3 Å². The molecule has 3 amide bonds. The van der Waals surface area contributed by atoms with Gasteiger partial charge in [-0.1, -0.05) is 34.8 Å². The van der Waals surface area contributed by atoms with Crippen molar-refractivity contribution in [1.29, 1.82) is 0 Å². The van der Waals surface area contributed by atoms with Crippen LogP contribution in [0, 0.1) is 0 Å². The molecule has 1 aliphatic rings. The molecule has 2 aromatic rings. The molecule has 1 aromatic carbocycles. The molecule has 0 bridgehead atoms. The van der Waals surface area contributed by atoms with Gasteiger partial charge in [-0.25, -0.2) is 0 Å². The Labute approximate surface area is 203 Å². The van der Waals surface area contributed by atoms with Gasteiger partial charge < -0.3 is 25.6 Å². The molecule has 34 heavy (non-hydrogen) atoms. The summed E-state index contributed by atoms with van der Waals surface area (Å²) in [6.45, 7) is 5.59. The molecule has 1 saturated heterocycles. The lowest BCUT2D eigenvalue weighted by Gasteiger charge is -2.37.